The molecular formula is C14H14N4O4S. The van der Waals surface area contributed by atoms with Crippen molar-refractivity contribution >= 4 is 20.7 Å². The summed E-state index contributed by atoms with van der Waals surface area (Å²) in [5.74, 6) is 0.423. The standard InChI is InChI=1S/C14H14N4O4S/c1-21-11-12(16-14(23(3,19)20)17-13(11)22-2)18-10-7-5-4-6-9(10)8-15-18/h4-8H,1-3H3. The van der Waals surface area contributed by atoms with Crippen LogP contribution >= 0.6 is 0 Å². The maximum Gasteiger partial charge on any atom is 0.263 e. The molecule has 0 atom stereocenters. The van der Waals surface area contributed by atoms with Crippen LogP contribution in [0.4, 0.5) is 0 Å². The molecule has 0 aliphatic heterocycles. The van der Waals surface area contributed by atoms with E-state index in [1.54, 1.807) is 6.20 Å². The molecular weight excluding hydrogens is 320 g/mol. The van der Waals surface area contributed by atoms with Gasteiger partial charge in [-0.15, -0.1) is 0 Å². The van der Waals surface area contributed by atoms with E-state index in [9.17, 15) is 8.42 Å². The van der Waals surface area contributed by atoms with Gasteiger partial charge in [0.05, 0.1) is 25.9 Å². The second kappa shape index (κ2) is 5.51. The van der Waals surface area contributed by atoms with Gasteiger partial charge in [-0.25, -0.2) is 13.1 Å². The molecule has 0 saturated carbocycles. The van der Waals surface area contributed by atoms with Crippen LogP contribution in [0.25, 0.3) is 16.7 Å². The number of rotatable bonds is 4. The van der Waals surface area contributed by atoms with Crippen molar-refractivity contribution in [3.63, 3.8) is 0 Å². The first-order valence-electron chi connectivity index (χ1n) is 6.59. The number of hydrogen-bond acceptors (Lipinski definition) is 7. The molecule has 1 aromatic carbocycles. The number of methoxy groups -OCH3 is 2. The maximum atomic E-state index is 11.8. The van der Waals surface area contributed by atoms with Gasteiger partial charge in [-0.1, -0.05) is 18.2 Å². The van der Waals surface area contributed by atoms with Crippen LogP contribution in [-0.2, 0) is 9.84 Å². The fraction of sp³-hybridized carbons (Fsp3) is 0.214. The highest BCUT2D eigenvalue weighted by Crippen LogP contribution is 2.32. The lowest BCUT2D eigenvalue weighted by atomic mass is 10.2. The van der Waals surface area contributed by atoms with Crippen molar-refractivity contribution < 1.29 is 17.9 Å². The van der Waals surface area contributed by atoms with Gasteiger partial charge in [0.1, 0.15) is 0 Å². The van der Waals surface area contributed by atoms with Crippen LogP contribution in [0.5, 0.6) is 11.6 Å². The summed E-state index contributed by atoms with van der Waals surface area (Å²) in [4.78, 5) is 8.01. The van der Waals surface area contributed by atoms with Gasteiger partial charge in [0.15, 0.2) is 0 Å². The zero-order chi connectivity index (χ0) is 16.6. The zero-order valence-corrected chi connectivity index (χ0v) is 13.5. The Bertz CT molecular complexity index is 982. The fourth-order valence-electron chi connectivity index (χ4n) is 2.17. The summed E-state index contributed by atoms with van der Waals surface area (Å²) < 4.78 is 35.6. The van der Waals surface area contributed by atoms with Gasteiger partial charge < -0.3 is 9.47 Å². The summed E-state index contributed by atoms with van der Waals surface area (Å²) in [5, 5.41) is 4.79. The van der Waals surface area contributed by atoms with Crippen LogP contribution in [0, 0.1) is 0 Å². The van der Waals surface area contributed by atoms with Gasteiger partial charge in [-0.2, -0.15) is 15.1 Å². The molecule has 0 aliphatic rings. The van der Waals surface area contributed by atoms with Gasteiger partial charge in [0.2, 0.25) is 21.4 Å². The molecule has 120 valence electrons. The van der Waals surface area contributed by atoms with E-state index >= 15 is 0 Å². The van der Waals surface area contributed by atoms with Crippen LogP contribution in [-0.4, -0.2) is 48.6 Å². The average molecular weight is 334 g/mol. The third-order valence-electron chi connectivity index (χ3n) is 3.20. The molecule has 0 unspecified atom stereocenters. The minimum atomic E-state index is -3.63. The van der Waals surface area contributed by atoms with Crippen LogP contribution in [0.2, 0.25) is 0 Å². The molecule has 0 aliphatic carbocycles. The molecule has 0 fully saturated rings. The summed E-state index contributed by atoms with van der Waals surface area (Å²) in [7, 11) is -0.822. The maximum absolute atomic E-state index is 11.8. The van der Waals surface area contributed by atoms with Crippen molar-refractivity contribution in [3.8, 4) is 17.4 Å². The molecule has 0 bridgehead atoms. The highest BCUT2D eigenvalue weighted by Gasteiger charge is 2.23. The van der Waals surface area contributed by atoms with Crippen LogP contribution in [0.1, 0.15) is 0 Å². The van der Waals surface area contributed by atoms with E-state index in [0.29, 0.717) is 0 Å². The lowest BCUT2D eigenvalue weighted by Gasteiger charge is -2.12. The number of hydrogen-bond donors (Lipinski definition) is 0. The van der Waals surface area contributed by atoms with Gasteiger partial charge in [-0.05, 0) is 6.07 Å². The Hall–Kier alpha value is -2.68. The first-order valence-corrected chi connectivity index (χ1v) is 8.48. The number of nitrogens with zero attached hydrogens (tertiary/aromatic N) is 4. The van der Waals surface area contributed by atoms with Gasteiger partial charge >= 0.3 is 0 Å². The Morgan fingerprint density at radius 3 is 2.48 bits per heavy atom. The van der Waals surface area contributed by atoms with Gasteiger partial charge in [0.25, 0.3) is 11.0 Å². The molecule has 3 rings (SSSR count). The fourth-order valence-corrected chi connectivity index (χ4v) is 2.67. The van der Waals surface area contributed by atoms with E-state index in [1.807, 2.05) is 24.3 Å². The molecule has 9 heteroatoms. The van der Waals surface area contributed by atoms with Crippen molar-refractivity contribution in [3.05, 3.63) is 30.5 Å². The third-order valence-corrected chi connectivity index (χ3v) is 4.05. The Kier molecular flexibility index (Phi) is 3.64. The van der Waals surface area contributed by atoms with E-state index < -0.39 is 9.84 Å². The predicted octanol–water partition coefficient (Wildman–Crippen LogP) is 1.24. The molecule has 23 heavy (non-hydrogen) atoms. The second-order valence-corrected chi connectivity index (χ2v) is 6.67. The Balaban J connectivity index is 2.37. The summed E-state index contributed by atoms with van der Waals surface area (Å²) in [6.07, 6.45) is 2.68. The van der Waals surface area contributed by atoms with Crippen LogP contribution in [0.3, 0.4) is 0 Å². The topological polar surface area (TPSA) is 96.2 Å². The van der Waals surface area contributed by atoms with Gasteiger partial charge in [0, 0.05) is 11.6 Å². The quantitative estimate of drug-likeness (QED) is 0.662. The average Bonchev–Trinajstić information content (AvgIpc) is 2.96. The minimum absolute atomic E-state index is 0.0255. The lowest BCUT2D eigenvalue weighted by molar-refractivity contribution is 0.334. The number of ether oxygens (including phenoxy) is 2. The first-order chi connectivity index (χ1) is 11.0. The molecule has 2 heterocycles. The van der Waals surface area contributed by atoms with E-state index in [0.717, 1.165) is 17.2 Å². The number of sulfone groups is 1. The summed E-state index contributed by atoms with van der Waals surface area (Å²) in [5.41, 5.74) is 0.756. The summed E-state index contributed by atoms with van der Waals surface area (Å²) in [6.45, 7) is 0. The Morgan fingerprint density at radius 1 is 1.09 bits per heavy atom. The van der Waals surface area contributed by atoms with Crippen LogP contribution < -0.4 is 9.47 Å². The number of para-hydroxylation sites is 1. The van der Waals surface area contributed by atoms with E-state index in [2.05, 4.69) is 15.1 Å². The minimum Gasteiger partial charge on any atom is -0.489 e. The molecule has 0 N–H and O–H groups in total. The summed E-state index contributed by atoms with van der Waals surface area (Å²) >= 11 is 0. The number of fused-ring (bicyclic) bond motifs is 1. The van der Waals surface area contributed by atoms with Crippen molar-refractivity contribution in [2.24, 2.45) is 0 Å². The van der Waals surface area contributed by atoms with E-state index in [4.69, 9.17) is 9.47 Å². The molecule has 0 amide bonds. The summed E-state index contributed by atoms with van der Waals surface area (Å²) in [6, 6.07) is 7.47. The highest BCUT2D eigenvalue weighted by atomic mass is 32.2. The van der Waals surface area contributed by atoms with Crippen molar-refractivity contribution in [1.29, 1.82) is 0 Å². The highest BCUT2D eigenvalue weighted by molar-refractivity contribution is 7.90. The largest absolute Gasteiger partial charge is 0.489 e. The number of benzene rings is 1. The van der Waals surface area contributed by atoms with E-state index in [1.165, 1.54) is 18.9 Å². The van der Waals surface area contributed by atoms with Crippen molar-refractivity contribution in [2.75, 3.05) is 20.5 Å². The Labute approximate surface area is 132 Å². The third kappa shape index (κ3) is 2.59. The van der Waals surface area contributed by atoms with Crippen molar-refractivity contribution in [2.45, 2.75) is 5.16 Å². The normalized spacial score (nSPS) is 11.6. The zero-order valence-electron chi connectivity index (χ0n) is 12.7. The smallest absolute Gasteiger partial charge is 0.263 e. The lowest BCUT2D eigenvalue weighted by Crippen LogP contribution is -2.12. The van der Waals surface area contributed by atoms with Crippen molar-refractivity contribution in [1.82, 2.24) is 19.7 Å². The molecule has 2 aromatic heterocycles. The van der Waals surface area contributed by atoms with Crippen LogP contribution in [0.15, 0.2) is 35.6 Å². The van der Waals surface area contributed by atoms with Gasteiger partial charge in [-0.3, -0.25) is 0 Å². The predicted molar refractivity (Wildman–Crippen MR) is 82.9 cm³/mol. The molecule has 0 saturated heterocycles. The number of aromatic nitrogens is 4. The first kappa shape index (κ1) is 15.2. The SMILES string of the molecule is COc1nc(S(C)(=O)=O)nc(-n2ncc3ccccc32)c1OC. The molecule has 8 nitrogen and oxygen atoms in total. The molecule has 0 spiro atoms. The Morgan fingerprint density at radius 2 is 1.83 bits per heavy atom. The molecule has 0 radical (unpaired) electrons. The molecule has 3 aromatic rings. The monoisotopic (exact) mass is 334 g/mol. The second-order valence-electron chi connectivity index (χ2n) is 4.76. The van der Waals surface area contributed by atoms with E-state index in [-0.39, 0.29) is 22.6 Å².